The van der Waals surface area contributed by atoms with E-state index in [0.717, 1.165) is 16.8 Å². The van der Waals surface area contributed by atoms with Gasteiger partial charge in [0.1, 0.15) is 5.82 Å². The third-order valence-corrected chi connectivity index (χ3v) is 3.05. The van der Waals surface area contributed by atoms with Crippen LogP contribution in [0.15, 0.2) is 22.8 Å². The Morgan fingerprint density at radius 2 is 2.54 bits per heavy atom. The summed E-state index contributed by atoms with van der Waals surface area (Å²) in [7, 11) is 0. The van der Waals surface area contributed by atoms with Gasteiger partial charge in [-0.15, -0.1) is 0 Å². The normalized spacial score (nSPS) is 21.4. The van der Waals surface area contributed by atoms with E-state index in [1.54, 1.807) is 0 Å². The molecule has 0 spiro atoms. The van der Waals surface area contributed by atoms with E-state index in [1.807, 2.05) is 18.3 Å². The van der Waals surface area contributed by atoms with Crippen molar-refractivity contribution in [2.24, 2.45) is 5.73 Å². The van der Waals surface area contributed by atoms with Crippen molar-refractivity contribution in [2.75, 3.05) is 18.0 Å². The van der Waals surface area contributed by atoms with Crippen molar-refractivity contribution in [1.29, 1.82) is 0 Å². The molecular weight excluding hydrogens is 230 g/mol. The lowest BCUT2D eigenvalue weighted by Crippen LogP contribution is -2.52. The molecule has 1 unspecified atom stereocenters. The second-order valence-electron chi connectivity index (χ2n) is 3.18. The molecule has 0 aliphatic carbocycles. The highest BCUT2D eigenvalue weighted by Crippen LogP contribution is 2.29. The van der Waals surface area contributed by atoms with E-state index in [1.165, 1.54) is 6.42 Å². The molecule has 1 saturated heterocycles. The maximum absolute atomic E-state index is 5.63. The standard InChI is InChI=1S/C9H12BrN3/c10-8-2-1-4-12-9(8)13-5-3-7(13)6-11/h1-2,4,7H,3,5-6,11H2. The molecule has 2 heterocycles. The van der Waals surface area contributed by atoms with E-state index in [-0.39, 0.29) is 0 Å². The Morgan fingerprint density at radius 3 is 3.08 bits per heavy atom. The summed E-state index contributed by atoms with van der Waals surface area (Å²) in [6, 6.07) is 4.41. The second-order valence-corrected chi connectivity index (χ2v) is 4.03. The molecule has 2 rings (SSSR count). The van der Waals surface area contributed by atoms with Crippen molar-refractivity contribution in [3.63, 3.8) is 0 Å². The summed E-state index contributed by atoms with van der Waals surface area (Å²) >= 11 is 3.48. The lowest BCUT2D eigenvalue weighted by molar-refractivity contribution is 0.451. The van der Waals surface area contributed by atoms with Crippen LogP contribution < -0.4 is 10.6 Å². The molecule has 13 heavy (non-hydrogen) atoms. The van der Waals surface area contributed by atoms with Crippen LogP contribution in [-0.2, 0) is 0 Å². The number of nitrogens with two attached hydrogens (primary N) is 1. The van der Waals surface area contributed by atoms with E-state index in [0.29, 0.717) is 12.6 Å². The van der Waals surface area contributed by atoms with E-state index >= 15 is 0 Å². The summed E-state index contributed by atoms with van der Waals surface area (Å²) in [4.78, 5) is 6.56. The predicted molar refractivity (Wildman–Crippen MR) is 56.7 cm³/mol. The first-order chi connectivity index (χ1) is 6.33. The van der Waals surface area contributed by atoms with Gasteiger partial charge in [-0.1, -0.05) is 0 Å². The zero-order chi connectivity index (χ0) is 9.26. The molecule has 0 saturated carbocycles. The van der Waals surface area contributed by atoms with Crippen LogP contribution in [0.1, 0.15) is 6.42 Å². The number of nitrogens with zero attached hydrogens (tertiary/aromatic N) is 2. The molecule has 1 fully saturated rings. The molecule has 1 aromatic heterocycles. The van der Waals surface area contributed by atoms with Crippen molar-refractivity contribution < 1.29 is 0 Å². The minimum Gasteiger partial charge on any atom is -0.351 e. The second kappa shape index (κ2) is 3.64. The number of pyridine rings is 1. The van der Waals surface area contributed by atoms with Gasteiger partial charge in [0.2, 0.25) is 0 Å². The quantitative estimate of drug-likeness (QED) is 0.851. The Kier molecular flexibility index (Phi) is 2.51. The van der Waals surface area contributed by atoms with Crippen molar-refractivity contribution in [3.05, 3.63) is 22.8 Å². The lowest BCUT2D eigenvalue weighted by atomic mass is 10.0. The van der Waals surface area contributed by atoms with Gasteiger partial charge in [-0.05, 0) is 34.5 Å². The fraction of sp³-hybridized carbons (Fsp3) is 0.444. The van der Waals surface area contributed by atoms with Gasteiger partial charge in [0, 0.05) is 25.3 Å². The molecule has 1 aliphatic rings. The van der Waals surface area contributed by atoms with Crippen LogP contribution in [0.5, 0.6) is 0 Å². The third kappa shape index (κ3) is 1.56. The van der Waals surface area contributed by atoms with Gasteiger partial charge in [-0.3, -0.25) is 0 Å². The van der Waals surface area contributed by atoms with Crippen LogP contribution in [0.4, 0.5) is 5.82 Å². The highest BCUT2D eigenvalue weighted by molar-refractivity contribution is 9.10. The Labute approximate surface area is 86.1 Å². The van der Waals surface area contributed by atoms with Crippen molar-refractivity contribution in [2.45, 2.75) is 12.5 Å². The van der Waals surface area contributed by atoms with E-state index in [4.69, 9.17) is 5.73 Å². The first kappa shape index (κ1) is 8.97. The fourth-order valence-corrected chi connectivity index (χ4v) is 2.04. The number of anilines is 1. The summed E-state index contributed by atoms with van der Waals surface area (Å²) in [6.45, 7) is 1.78. The van der Waals surface area contributed by atoms with Crippen LogP contribution in [0, 0.1) is 0 Å². The largest absolute Gasteiger partial charge is 0.351 e. The molecule has 0 amide bonds. The summed E-state index contributed by atoms with van der Waals surface area (Å²) in [5.41, 5.74) is 5.63. The predicted octanol–water partition coefficient (Wildman–Crippen LogP) is 1.38. The highest BCUT2D eigenvalue weighted by Gasteiger charge is 2.28. The van der Waals surface area contributed by atoms with E-state index in [9.17, 15) is 0 Å². The minimum atomic E-state index is 0.478. The highest BCUT2D eigenvalue weighted by atomic mass is 79.9. The smallest absolute Gasteiger partial charge is 0.143 e. The molecule has 70 valence electrons. The summed E-state index contributed by atoms with van der Waals surface area (Å²) in [6.07, 6.45) is 2.99. The number of hydrogen-bond donors (Lipinski definition) is 1. The molecule has 4 heteroatoms. The van der Waals surface area contributed by atoms with Gasteiger partial charge < -0.3 is 10.6 Å². The van der Waals surface area contributed by atoms with Crippen molar-refractivity contribution in [1.82, 2.24) is 4.98 Å². The first-order valence-corrected chi connectivity index (χ1v) is 5.19. The molecule has 1 aliphatic heterocycles. The molecule has 0 aromatic carbocycles. The molecule has 3 nitrogen and oxygen atoms in total. The Hall–Kier alpha value is -0.610. The van der Waals surface area contributed by atoms with Gasteiger partial charge in [-0.25, -0.2) is 4.98 Å². The average Bonchev–Trinajstić information content (AvgIpc) is 2.08. The minimum absolute atomic E-state index is 0.478. The lowest BCUT2D eigenvalue weighted by Gasteiger charge is -2.41. The monoisotopic (exact) mass is 241 g/mol. The summed E-state index contributed by atoms with van der Waals surface area (Å²) < 4.78 is 1.05. The molecule has 2 N–H and O–H groups in total. The number of rotatable bonds is 2. The Balaban J connectivity index is 2.21. The van der Waals surface area contributed by atoms with Gasteiger partial charge in [0.15, 0.2) is 0 Å². The van der Waals surface area contributed by atoms with Gasteiger partial charge in [-0.2, -0.15) is 0 Å². The average molecular weight is 242 g/mol. The maximum atomic E-state index is 5.63. The van der Waals surface area contributed by atoms with Crippen LogP contribution in [0.3, 0.4) is 0 Å². The molecule has 0 bridgehead atoms. The number of halogens is 1. The van der Waals surface area contributed by atoms with Gasteiger partial charge in [0.25, 0.3) is 0 Å². The zero-order valence-corrected chi connectivity index (χ0v) is 8.87. The molecule has 1 atom stereocenters. The Morgan fingerprint density at radius 1 is 1.69 bits per heavy atom. The van der Waals surface area contributed by atoms with Gasteiger partial charge in [0.05, 0.1) is 4.47 Å². The van der Waals surface area contributed by atoms with Crippen LogP contribution in [0.25, 0.3) is 0 Å². The number of aromatic nitrogens is 1. The topological polar surface area (TPSA) is 42.1 Å². The molecule has 1 aromatic rings. The SMILES string of the molecule is NCC1CCN1c1ncccc1Br. The fourth-order valence-electron chi connectivity index (χ4n) is 1.55. The van der Waals surface area contributed by atoms with Crippen LogP contribution >= 0.6 is 15.9 Å². The molecule has 0 radical (unpaired) electrons. The summed E-state index contributed by atoms with van der Waals surface area (Å²) in [5.74, 6) is 1.02. The van der Waals surface area contributed by atoms with Crippen LogP contribution in [0.2, 0.25) is 0 Å². The van der Waals surface area contributed by atoms with Gasteiger partial charge >= 0.3 is 0 Å². The summed E-state index contributed by atoms with van der Waals surface area (Å²) in [5, 5.41) is 0. The third-order valence-electron chi connectivity index (χ3n) is 2.43. The Bertz CT molecular complexity index is 301. The van der Waals surface area contributed by atoms with E-state index in [2.05, 4.69) is 25.8 Å². The maximum Gasteiger partial charge on any atom is 0.143 e. The van der Waals surface area contributed by atoms with E-state index < -0.39 is 0 Å². The van der Waals surface area contributed by atoms with Crippen molar-refractivity contribution >= 4 is 21.7 Å². The first-order valence-electron chi connectivity index (χ1n) is 4.40. The number of hydrogen-bond acceptors (Lipinski definition) is 3. The zero-order valence-electron chi connectivity index (χ0n) is 7.28. The van der Waals surface area contributed by atoms with Crippen LogP contribution in [-0.4, -0.2) is 24.1 Å². The molecular formula is C9H12BrN3. The van der Waals surface area contributed by atoms with Crippen molar-refractivity contribution in [3.8, 4) is 0 Å².